The molecule has 1 N–H and O–H groups in total. The molecule has 0 saturated heterocycles. The molecule has 0 atom stereocenters. The Morgan fingerprint density at radius 1 is 1.29 bits per heavy atom. The van der Waals surface area contributed by atoms with Gasteiger partial charge in [0.25, 0.3) is 5.56 Å². The van der Waals surface area contributed by atoms with E-state index in [0.29, 0.717) is 21.2 Å². The van der Waals surface area contributed by atoms with E-state index in [0.717, 1.165) is 0 Å². The number of carbonyl (C=O) groups excluding carboxylic acids is 1. The number of rotatable bonds is 3. The molecule has 5 nitrogen and oxygen atoms in total. The molecular formula is C17H13BrFN3O2. The van der Waals surface area contributed by atoms with Gasteiger partial charge in [-0.2, -0.15) is 0 Å². The molecule has 0 fully saturated rings. The van der Waals surface area contributed by atoms with Crippen molar-refractivity contribution >= 4 is 38.4 Å². The van der Waals surface area contributed by atoms with E-state index in [1.165, 1.54) is 16.7 Å². The molecule has 0 radical (unpaired) electrons. The van der Waals surface area contributed by atoms with Crippen molar-refractivity contribution in [3.63, 3.8) is 0 Å². The third-order valence-corrected chi connectivity index (χ3v) is 4.05. The molecule has 1 aromatic heterocycles. The average Bonchev–Trinajstić information content (AvgIpc) is 2.54. The van der Waals surface area contributed by atoms with E-state index < -0.39 is 11.7 Å². The van der Waals surface area contributed by atoms with E-state index in [2.05, 4.69) is 26.2 Å². The number of fused-ring (bicyclic) bond motifs is 1. The Bertz CT molecular complexity index is 1000. The highest BCUT2D eigenvalue weighted by molar-refractivity contribution is 9.10. The molecule has 0 spiro atoms. The monoisotopic (exact) mass is 389 g/mol. The van der Waals surface area contributed by atoms with Crippen LogP contribution in [0.5, 0.6) is 0 Å². The lowest BCUT2D eigenvalue weighted by molar-refractivity contribution is -0.116. The van der Waals surface area contributed by atoms with Crippen LogP contribution in [0.2, 0.25) is 0 Å². The van der Waals surface area contributed by atoms with Gasteiger partial charge in [-0.05, 0) is 37.3 Å². The minimum absolute atomic E-state index is 0.0580. The molecule has 122 valence electrons. The van der Waals surface area contributed by atoms with Crippen LogP contribution < -0.4 is 10.9 Å². The Hall–Kier alpha value is -2.54. The number of hydrogen-bond acceptors (Lipinski definition) is 3. The maximum Gasteiger partial charge on any atom is 0.261 e. The first-order valence-corrected chi connectivity index (χ1v) is 7.96. The van der Waals surface area contributed by atoms with Crippen molar-refractivity contribution in [2.24, 2.45) is 0 Å². The first kappa shape index (κ1) is 16.3. The molecule has 0 aliphatic heterocycles. The largest absolute Gasteiger partial charge is 0.322 e. The number of nitrogens with zero attached hydrogens (tertiary/aromatic N) is 2. The third kappa shape index (κ3) is 3.21. The number of hydrogen-bond donors (Lipinski definition) is 1. The summed E-state index contributed by atoms with van der Waals surface area (Å²) in [4.78, 5) is 29.0. The fraction of sp³-hybridized carbons (Fsp3) is 0.118. The summed E-state index contributed by atoms with van der Waals surface area (Å²) in [6.07, 6.45) is 0. The van der Waals surface area contributed by atoms with E-state index >= 15 is 0 Å². The van der Waals surface area contributed by atoms with Crippen LogP contribution in [0.1, 0.15) is 5.82 Å². The van der Waals surface area contributed by atoms with Crippen molar-refractivity contribution in [3.05, 3.63) is 68.9 Å². The second kappa shape index (κ2) is 6.52. The summed E-state index contributed by atoms with van der Waals surface area (Å²) in [5, 5.41) is 2.90. The molecule has 2 aromatic carbocycles. The van der Waals surface area contributed by atoms with Crippen LogP contribution in [0, 0.1) is 12.7 Å². The molecule has 1 amide bonds. The van der Waals surface area contributed by atoms with Gasteiger partial charge in [-0.15, -0.1) is 0 Å². The number of nitrogens with one attached hydrogen (secondary N) is 1. The topological polar surface area (TPSA) is 64.0 Å². The van der Waals surface area contributed by atoms with Gasteiger partial charge in [0, 0.05) is 4.47 Å². The van der Waals surface area contributed by atoms with Crippen LogP contribution in [0.15, 0.2) is 51.7 Å². The number of anilines is 1. The number of benzene rings is 2. The van der Waals surface area contributed by atoms with Gasteiger partial charge in [-0.1, -0.05) is 28.1 Å². The Labute approximate surface area is 145 Å². The molecule has 1 heterocycles. The summed E-state index contributed by atoms with van der Waals surface area (Å²) in [6.45, 7) is 1.42. The zero-order valence-corrected chi connectivity index (χ0v) is 14.3. The number of para-hydroxylation sites is 1. The first-order valence-electron chi connectivity index (χ1n) is 7.17. The van der Waals surface area contributed by atoms with Crippen molar-refractivity contribution in [3.8, 4) is 0 Å². The normalized spacial score (nSPS) is 10.8. The van der Waals surface area contributed by atoms with Gasteiger partial charge in [0.2, 0.25) is 5.91 Å². The van der Waals surface area contributed by atoms with Crippen molar-refractivity contribution in [2.75, 3.05) is 5.32 Å². The van der Waals surface area contributed by atoms with Crippen molar-refractivity contribution in [2.45, 2.75) is 13.5 Å². The second-order valence-corrected chi connectivity index (χ2v) is 6.16. The van der Waals surface area contributed by atoms with E-state index in [9.17, 15) is 14.0 Å². The molecule has 7 heteroatoms. The Balaban J connectivity index is 1.89. The van der Waals surface area contributed by atoms with Gasteiger partial charge in [-0.25, -0.2) is 9.37 Å². The third-order valence-electron chi connectivity index (χ3n) is 3.56. The molecule has 3 aromatic rings. The highest BCUT2D eigenvalue weighted by Crippen LogP contribution is 2.19. The number of halogens is 2. The summed E-state index contributed by atoms with van der Waals surface area (Å²) < 4.78 is 15.6. The maximum atomic E-state index is 13.8. The highest BCUT2D eigenvalue weighted by Gasteiger charge is 2.13. The van der Waals surface area contributed by atoms with E-state index in [4.69, 9.17) is 0 Å². The minimum Gasteiger partial charge on any atom is -0.322 e. The fourth-order valence-electron chi connectivity index (χ4n) is 2.39. The lowest BCUT2D eigenvalue weighted by atomic mass is 10.2. The quantitative estimate of drug-likeness (QED) is 0.747. The Kier molecular flexibility index (Phi) is 4.44. The van der Waals surface area contributed by atoms with Crippen LogP contribution in [0.4, 0.5) is 10.1 Å². The summed E-state index contributed by atoms with van der Waals surface area (Å²) in [6, 6.07) is 11.3. The predicted molar refractivity (Wildman–Crippen MR) is 93.5 cm³/mol. The fourth-order valence-corrected chi connectivity index (χ4v) is 2.72. The van der Waals surface area contributed by atoms with Crippen molar-refractivity contribution < 1.29 is 9.18 Å². The predicted octanol–water partition coefficient (Wildman–Crippen LogP) is 3.25. The summed E-state index contributed by atoms with van der Waals surface area (Å²) in [5.41, 5.74) is 0.336. The smallest absolute Gasteiger partial charge is 0.261 e. The van der Waals surface area contributed by atoms with Crippen LogP contribution in [0.3, 0.4) is 0 Å². The lowest BCUT2D eigenvalue weighted by Gasteiger charge is -2.11. The molecule has 24 heavy (non-hydrogen) atoms. The van der Waals surface area contributed by atoms with Gasteiger partial charge < -0.3 is 5.32 Å². The first-order chi connectivity index (χ1) is 11.5. The van der Waals surface area contributed by atoms with Gasteiger partial charge >= 0.3 is 0 Å². The molecule has 0 bridgehead atoms. The zero-order valence-electron chi connectivity index (χ0n) is 12.7. The zero-order chi connectivity index (χ0) is 17.3. The SMILES string of the molecule is Cc1nc2ccccc2c(=O)n1CC(=O)Nc1ccc(Br)cc1F. The van der Waals surface area contributed by atoms with Gasteiger partial charge in [0.15, 0.2) is 0 Å². The number of carbonyl (C=O) groups is 1. The van der Waals surface area contributed by atoms with E-state index in [-0.39, 0.29) is 17.8 Å². The Morgan fingerprint density at radius 3 is 2.79 bits per heavy atom. The van der Waals surface area contributed by atoms with Crippen LogP contribution in [0.25, 0.3) is 10.9 Å². The van der Waals surface area contributed by atoms with E-state index in [1.807, 2.05) is 0 Å². The molecule has 0 saturated carbocycles. The molecular weight excluding hydrogens is 377 g/mol. The molecule has 0 aliphatic rings. The van der Waals surface area contributed by atoms with Gasteiger partial charge in [0.05, 0.1) is 16.6 Å². The van der Waals surface area contributed by atoms with Crippen molar-refractivity contribution in [1.82, 2.24) is 9.55 Å². The van der Waals surface area contributed by atoms with Crippen molar-refractivity contribution in [1.29, 1.82) is 0 Å². The second-order valence-electron chi connectivity index (χ2n) is 5.24. The van der Waals surface area contributed by atoms with Gasteiger partial charge in [0.1, 0.15) is 18.2 Å². The summed E-state index contributed by atoms with van der Waals surface area (Å²) >= 11 is 3.15. The number of amides is 1. The molecule has 0 unspecified atom stereocenters. The van der Waals surface area contributed by atoms with Gasteiger partial charge in [-0.3, -0.25) is 14.2 Å². The molecule has 3 rings (SSSR count). The van der Waals surface area contributed by atoms with Crippen LogP contribution in [-0.4, -0.2) is 15.5 Å². The molecule has 0 aliphatic carbocycles. The van der Waals surface area contributed by atoms with E-state index in [1.54, 1.807) is 37.3 Å². The number of aromatic nitrogens is 2. The summed E-state index contributed by atoms with van der Waals surface area (Å²) in [5.74, 6) is -0.637. The van der Waals surface area contributed by atoms with Crippen LogP contribution in [-0.2, 0) is 11.3 Å². The Morgan fingerprint density at radius 2 is 2.04 bits per heavy atom. The summed E-state index contributed by atoms with van der Waals surface area (Å²) in [7, 11) is 0. The minimum atomic E-state index is -0.557. The van der Waals surface area contributed by atoms with Crippen LogP contribution >= 0.6 is 15.9 Å². The maximum absolute atomic E-state index is 13.8. The highest BCUT2D eigenvalue weighted by atomic mass is 79.9. The lowest BCUT2D eigenvalue weighted by Crippen LogP contribution is -2.30. The average molecular weight is 390 g/mol. The number of aryl methyl sites for hydroxylation is 1. The standard InChI is InChI=1S/C17H13BrFN3O2/c1-10-20-14-5-3-2-4-12(14)17(24)22(10)9-16(23)21-15-7-6-11(18)8-13(15)19/h2-8H,9H2,1H3,(H,21,23).